The minimum absolute atomic E-state index is 0.284. The number of carbonyl (C=O) groups is 1. The Morgan fingerprint density at radius 1 is 1.56 bits per heavy atom. The summed E-state index contributed by atoms with van der Waals surface area (Å²) in [5, 5.41) is 12.6. The van der Waals surface area contributed by atoms with Crippen molar-refractivity contribution in [3.05, 3.63) is 41.0 Å². The van der Waals surface area contributed by atoms with Crippen molar-refractivity contribution in [3.63, 3.8) is 0 Å². The summed E-state index contributed by atoms with van der Waals surface area (Å²) in [5.41, 5.74) is 2.11. The Hall–Kier alpha value is -2.04. The maximum atomic E-state index is 10.7. The number of aromatic carboxylic acids is 1. The van der Waals surface area contributed by atoms with Crippen LogP contribution in [-0.2, 0) is 6.54 Å². The van der Waals surface area contributed by atoms with E-state index < -0.39 is 5.97 Å². The highest BCUT2D eigenvalue weighted by Crippen LogP contribution is 2.14. The molecule has 1 N–H and O–H groups in total. The van der Waals surface area contributed by atoms with E-state index in [0.29, 0.717) is 6.54 Å². The van der Waals surface area contributed by atoms with Gasteiger partial charge in [-0.3, -0.25) is 0 Å². The van der Waals surface area contributed by atoms with Crippen LogP contribution in [0.2, 0.25) is 0 Å². The minimum atomic E-state index is -0.919. The first kappa shape index (κ1) is 10.5. The van der Waals surface area contributed by atoms with E-state index in [0.717, 1.165) is 17.0 Å². The highest BCUT2D eigenvalue weighted by Gasteiger charge is 2.10. The first-order valence-electron chi connectivity index (χ1n) is 4.88. The molecule has 0 radical (unpaired) electrons. The number of carboxylic acids is 1. The van der Waals surface area contributed by atoms with E-state index in [1.807, 2.05) is 13.8 Å². The van der Waals surface area contributed by atoms with Gasteiger partial charge in [-0.05, 0) is 19.9 Å². The van der Waals surface area contributed by atoms with Gasteiger partial charge in [0.2, 0.25) is 0 Å². The zero-order chi connectivity index (χ0) is 11.7. The first-order valence-corrected chi connectivity index (χ1v) is 4.88. The smallest absolute Gasteiger partial charge is 0.337 e. The summed E-state index contributed by atoms with van der Waals surface area (Å²) in [5.74, 6) is -0.152. The molecule has 0 saturated carbocycles. The Morgan fingerprint density at radius 2 is 2.31 bits per heavy atom. The van der Waals surface area contributed by atoms with Crippen LogP contribution in [0, 0.1) is 13.8 Å². The molecule has 0 atom stereocenters. The molecule has 0 spiro atoms. The van der Waals surface area contributed by atoms with Crippen molar-refractivity contribution in [2.45, 2.75) is 20.4 Å². The van der Waals surface area contributed by atoms with E-state index in [2.05, 4.69) is 5.16 Å². The van der Waals surface area contributed by atoms with Gasteiger partial charge in [0.25, 0.3) is 0 Å². The largest absolute Gasteiger partial charge is 0.478 e. The zero-order valence-corrected chi connectivity index (χ0v) is 9.10. The van der Waals surface area contributed by atoms with Gasteiger partial charge >= 0.3 is 5.97 Å². The molecule has 2 aromatic heterocycles. The van der Waals surface area contributed by atoms with Crippen molar-refractivity contribution in [1.29, 1.82) is 0 Å². The minimum Gasteiger partial charge on any atom is -0.478 e. The number of aryl methyl sites for hydroxylation is 2. The number of carboxylic acid groups (broad SMARTS) is 1. The molecular weight excluding hydrogens is 208 g/mol. The van der Waals surface area contributed by atoms with Crippen molar-refractivity contribution < 1.29 is 14.4 Å². The second-order valence-electron chi connectivity index (χ2n) is 3.68. The Balaban J connectivity index is 2.24. The highest BCUT2D eigenvalue weighted by atomic mass is 16.5. The summed E-state index contributed by atoms with van der Waals surface area (Å²) >= 11 is 0. The molecule has 16 heavy (non-hydrogen) atoms. The SMILES string of the molecule is Cc1noc(C)c1Cn1ccc(C(=O)O)c1. The van der Waals surface area contributed by atoms with Gasteiger partial charge in [0.15, 0.2) is 0 Å². The first-order chi connectivity index (χ1) is 7.58. The fourth-order valence-corrected chi connectivity index (χ4v) is 1.58. The molecule has 0 unspecified atom stereocenters. The molecule has 0 aliphatic carbocycles. The van der Waals surface area contributed by atoms with Crippen LogP contribution in [0.5, 0.6) is 0 Å². The Labute approximate surface area is 92.3 Å². The molecule has 0 bridgehead atoms. The van der Waals surface area contributed by atoms with Gasteiger partial charge in [0.05, 0.1) is 17.8 Å². The van der Waals surface area contributed by atoms with Gasteiger partial charge in [0, 0.05) is 18.0 Å². The molecule has 0 aliphatic heterocycles. The summed E-state index contributed by atoms with van der Waals surface area (Å²) in [7, 11) is 0. The van der Waals surface area contributed by atoms with Crippen molar-refractivity contribution in [1.82, 2.24) is 9.72 Å². The van der Waals surface area contributed by atoms with Crippen molar-refractivity contribution in [3.8, 4) is 0 Å². The average molecular weight is 220 g/mol. The molecule has 5 heteroatoms. The summed E-state index contributed by atoms with van der Waals surface area (Å²) in [6.07, 6.45) is 3.32. The second kappa shape index (κ2) is 3.84. The lowest BCUT2D eigenvalue weighted by molar-refractivity contribution is 0.0697. The van der Waals surface area contributed by atoms with Gasteiger partial charge in [-0.25, -0.2) is 4.79 Å². The third-order valence-electron chi connectivity index (χ3n) is 2.52. The van der Waals surface area contributed by atoms with Gasteiger partial charge in [-0.15, -0.1) is 0 Å². The van der Waals surface area contributed by atoms with Crippen LogP contribution in [0.1, 0.15) is 27.4 Å². The van der Waals surface area contributed by atoms with E-state index in [-0.39, 0.29) is 5.56 Å². The molecule has 0 amide bonds. The maximum Gasteiger partial charge on any atom is 0.337 e. The summed E-state index contributed by atoms with van der Waals surface area (Å²) in [4.78, 5) is 10.7. The van der Waals surface area contributed by atoms with E-state index in [1.165, 1.54) is 0 Å². The molecule has 0 aromatic carbocycles. The summed E-state index contributed by atoms with van der Waals surface area (Å²) in [6.45, 7) is 4.29. The molecule has 2 rings (SSSR count). The van der Waals surface area contributed by atoms with Gasteiger partial charge in [-0.2, -0.15) is 0 Å². The van der Waals surface area contributed by atoms with E-state index >= 15 is 0 Å². The van der Waals surface area contributed by atoms with Crippen molar-refractivity contribution in [2.75, 3.05) is 0 Å². The lowest BCUT2D eigenvalue weighted by Crippen LogP contribution is -1.99. The molecular formula is C11H12N2O3. The quantitative estimate of drug-likeness (QED) is 0.856. The Bertz CT molecular complexity index is 506. The molecule has 2 heterocycles. The number of hydrogen-bond donors (Lipinski definition) is 1. The molecule has 84 valence electrons. The number of nitrogens with zero attached hydrogens (tertiary/aromatic N) is 2. The molecule has 5 nitrogen and oxygen atoms in total. The maximum absolute atomic E-state index is 10.7. The van der Waals surface area contributed by atoms with Crippen LogP contribution in [0.3, 0.4) is 0 Å². The lowest BCUT2D eigenvalue weighted by Gasteiger charge is -2.01. The fraction of sp³-hybridized carbons (Fsp3) is 0.273. The molecule has 2 aromatic rings. The van der Waals surface area contributed by atoms with Gasteiger partial charge in [-0.1, -0.05) is 5.16 Å². The van der Waals surface area contributed by atoms with Crippen molar-refractivity contribution in [2.24, 2.45) is 0 Å². The van der Waals surface area contributed by atoms with Crippen LogP contribution in [0.4, 0.5) is 0 Å². The fourth-order valence-electron chi connectivity index (χ4n) is 1.58. The highest BCUT2D eigenvalue weighted by molar-refractivity contribution is 5.87. The monoisotopic (exact) mass is 220 g/mol. The summed E-state index contributed by atoms with van der Waals surface area (Å²) in [6, 6.07) is 1.57. The third-order valence-corrected chi connectivity index (χ3v) is 2.52. The Morgan fingerprint density at radius 3 is 2.81 bits per heavy atom. The van der Waals surface area contributed by atoms with E-state index in [1.54, 1.807) is 23.0 Å². The number of hydrogen-bond acceptors (Lipinski definition) is 3. The van der Waals surface area contributed by atoms with Crippen LogP contribution in [0.25, 0.3) is 0 Å². The van der Waals surface area contributed by atoms with E-state index in [9.17, 15) is 4.79 Å². The normalized spacial score (nSPS) is 10.6. The number of rotatable bonds is 3. The van der Waals surface area contributed by atoms with Gasteiger partial charge in [0.1, 0.15) is 5.76 Å². The number of aromatic nitrogens is 2. The molecule has 0 saturated heterocycles. The third kappa shape index (κ3) is 1.84. The molecule has 0 fully saturated rings. The van der Waals surface area contributed by atoms with E-state index in [4.69, 9.17) is 9.63 Å². The topological polar surface area (TPSA) is 68.3 Å². The van der Waals surface area contributed by atoms with Crippen LogP contribution >= 0.6 is 0 Å². The lowest BCUT2D eigenvalue weighted by atomic mass is 10.2. The predicted octanol–water partition coefficient (Wildman–Crippen LogP) is 1.84. The molecule has 0 aliphatic rings. The standard InChI is InChI=1S/C11H12N2O3/c1-7-10(8(2)16-12-7)6-13-4-3-9(5-13)11(14)15/h3-5H,6H2,1-2H3,(H,14,15). The Kier molecular flexibility index (Phi) is 2.52. The van der Waals surface area contributed by atoms with Crippen LogP contribution in [0.15, 0.2) is 23.0 Å². The van der Waals surface area contributed by atoms with Crippen molar-refractivity contribution >= 4 is 5.97 Å². The van der Waals surface area contributed by atoms with Gasteiger partial charge < -0.3 is 14.2 Å². The van der Waals surface area contributed by atoms with Crippen LogP contribution < -0.4 is 0 Å². The summed E-state index contributed by atoms with van der Waals surface area (Å²) < 4.78 is 6.84. The van der Waals surface area contributed by atoms with Crippen LogP contribution in [-0.4, -0.2) is 20.8 Å². The zero-order valence-electron chi connectivity index (χ0n) is 9.10. The average Bonchev–Trinajstić information content (AvgIpc) is 2.80. The second-order valence-corrected chi connectivity index (χ2v) is 3.68. The predicted molar refractivity (Wildman–Crippen MR) is 56.5 cm³/mol.